The first-order valence-corrected chi connectivity index (χ1v) is 8.49. The number of guanidine groups is 1. The molecule has 3 heterocycles. The van der Waals surface area contributed by atoms with Crippen molar-refractivity contribution in [2.75, 3.05) is 20.6 Å². The Kier molecular flexibility index (Phi) is 4.87. The van der Waals surface area contributed by atoms with Crippen LogP contribution >= 0.6 is 0 Å². The van der Waals surface area contributed by atoms with Gasteiger partial charge in [0, 0.05) is 52.5 Å². The van der Waals surface area contributed by atoms with Crippen LogP contribution in [0.15, 0.2) is 23.3 Å². The second kappa shape index (κ2) is 7.07. The summed E-state index contributed by atoms with van der Waals surface area (Å²) in [6.07, 6.45) is 4.22. The summed E-state index contributed by atoms with van der Waals surface area (Å²) in [7, 11) is 5.98. The molecule has 0 saturated heterocycles. The van der Waals surface area contributed by atoms with Gasteiger partial charge < -0.3 is 19.4 Å². The summed E-state index contributed by atoms with van der Waals surface area (Å²) in [4.78, 5) is 6.59. The number of aromatic nitrogens is 4. The third-order valence-corrected chi connectivity index (χ3v) is 4.80. The van der Waals surface area contributed by atoms with Gasteiger partial charge in [0.25, 0.3) is 0 Å². The molecule has 0 fully saturated rings. The van der Waals surface area contributed by atoms with Crippen molar-refractivity contribution in [1.82, 2.24) is 29.5 Å². The molecule has 1 unspecified atom stereocenters. The van der Waals surface area contributed by atoms with Crippen LogP contribution in [0, 0.1) is 12.8 Å². The predicted molar refractivity (Wildman–Crippen MR) is 94.8 cm³/mol. The van der Waals surface area contributed by atoms with E-state index in [1.54, 1.807) is 0 Å². The summed E-state index contributed by atoms with van der Waals surface area (Å²) in [5, 5.41) is 11.9. The number of hydrogen-bond acceptors (Lipinski definition) is 3. The molecule has 1 N–H and O–H groups in total. The minimum absolute atomic E-state index is 0.576. The molecule has 1 aliphatic heterocycles. The first kappa shape index (κ1) is 16.5. The summed E-state index contributed by atoms with van der Waals surface area (Å²) in [6, 6.07) is 4.21. The summed E-state index contributed by atoms with van der Waals surface area (Å²) >= 11 is 0. The van der Waals surface area contributed by atoms with E-state index in [1.807, 2.05) is 14.0 Å². The van der Waals surface area contributed by atoms with Crippen molar-refractivity contribution in [1.29, 1.82) is 0 Å². The van der Waals surface area contributed by atoms with Gasteiger partial charge in [0.1, 0.15) is 11.6 Å². The Balaban J connectivity index is 1.55. The Bertz CT molecular complexity index is 712. The van der Waals surface area contributed by atoms with Crippen LogP contribution in [0.3, 0.4) is 0 Å². The van der Waals surface area contributed by atoms with Crippen molar-refractivity contribution in [2.45, 2.75) is 32.9 Å². The van der Waals surface area contributed by atoms with E-state index in [2.05, 4.69) is 67.0 Å². The van der Waals surface area contributed by atoms with E-state index in [4.69, 9.17) is 0 Å². The summed E-state index contributed by atoms with van der Waals surface area (Å²) in [5.74, 6) is 3.64. The molecular formula is C17H27N7. The molecule has 7 nitrogen and oxygen atoms in total. The molecule has 0 spiro atoms. The zero-order valence-electron chi connectivity index (χ0n) is 15.0. The Morgan fingerprint density at radius 3 is 3.00 bits per heavy atom. The Labute approximate surface area is 143 Å². The van der Waals surface area contributed by atoms with Crippen molar-refractivity contribution in [3.63, 3.8) is 0 Å². The third kappa shape index (κ3) is 3.44. The van der Waals surface area contributed by atoms with E-state index in [1.165, 1.54) is 5.69 Å². The average Bonchev–Trinajstić information content (AvgIpc) is 3.14. The number of nitrogens with zero attached hydrogens (tertiary/aromatic N) is 6. The smallest absolute Gasteiger partial charge is 0.193 e. The van der Waals surface area contributed by atoms with Gasteiger partial charge in [0.15, 0.2) is 5.96 Å². The minimum atomic E-state index is 0.576. The standard InChI is InChI=1S/C17H27N7/c1-13-20-21-16-8-7-14(11-24(13)16)10-19-17(18-2)23(4)12-15-6-5-9-22(15)3/h5-6,9,14H,7-8,10-12H2,1-4H3,(H,18,19). The molecule has 0 amide bonds. The second-order valence-electron chi connectivity index (χ2n) is 6.57. The van der Waals surface area contributed by atoms with E-state index >= 15 is 0 Å². The molecule has 0 radical (unpaired) electrons. The number of rotatable bonds is 4. The first-order chi connectivity index (χ1) is 11.6. The molecule has 7 heteroatoms. The van der Waals surface area contributed by atoms with Crippen molar-refractivity contribution in [3.05, 3.63) is 35.7 Å². The SMILES string of the molecule is CN=C(NCC1CCc2nnc(C)n2C1)N(C)Cc1cccn1C. The number of nitrogens with one attached hydrogen (secondary N) is 1. The van der Waals surface area contributed by atoms with Gasteiger partial charge in [-0.25, -0.2) is 0 Å². The van der Waals surface area contributed by atoms with Crippen molar-refractivity contribution >= 4 is 5.96 Å². The van der Waals surface area contributed by atoms with E-state index in [-0.39, 0.29) is 0 Å². The zero-order valence-corrected chi connectivity index (χ0v) is 15.0. The number of hydrogen-bond donors (Lipinski definition) is 1. The Morgan fingerprint density at radius 1 is 1.46 bits per heavy atom. The minimum Gasteiger partial charge on any atom is -0.356 e. The van der Waals surface area contributed by atoms with E-state index in [0.29, 0.717) is 5.92 Å². The predicted octanol–water partition coefficient (Wildman–Crippen LogP) is 1.19. The molecule has 24 heavy (non-hydrogen) atoms. The average molecular weight is 329 g/mol. The van der Waals surface area contributed by atoms with E-state index < -0.39 is 0 Å². The maximum absolute atomic E-state index is 4.43. The quantitative estimate of drug-likeness (QED) is 0.676. The van der Waals surface area contributed by atoms with Gasteiger partial charge in [0.2, 0.25) is 0 Å². The number of aryl methyl sites for hydroxylation is 3. The maximum Gasteiger partial charge on any atom is 0.193 e. The van der Waals surface area contributed by atoms with Crippen LogP contribution in [-0.4, -0.2) is 50.8 Å². The number of aliphatic imine (C=N–C) groups is 1. The van der Waals surface area contributed by atoms with Crippen LogP contribution in [0.1, 0.15) is 23.8 Å². The Morgan fingerprint density at radius 2 is 2.29 bits per heavy atom. The van der Waals surface area contributed by atoms with Crippen LogP contribution in [0.5, 0.6) is 0 Å². The van der Waals surface area contributed by atoms with Gasteiger partial charge in [0.05, 0.1) is 6.54 Å². The fraction of sp³-hybridized carbons (Fsp3) is 0.588. The summed E-state index contributed by atoms with van der Waals surface area (Å²) in [5.41, 5.74) is 1.27. The van der Waals surface area contributed by atoms with Gasteiger partial charge in [-0.2, -0.15) is 0 Å². The first-order valence-electron chi connectivity index (χ1n) is 8.49. The lowest BCUT2D eigenvalue weighted by atomic mass is 9.99. The molecule has 3 rings (SSSR count). The molecule has 1 atom stereocenters. The van der Waals surface area contributed by atoms with E-state index in [0.717, 1.165) is 50.1 Å². The molecule has 2 aromatic rings. The Hall–Kier alpha value is -2.31. The fourth-order valence-electron chi connectivity index (χ4n) is 3.30. The second-order valence-corrected chi connectivity index (χ2v) is 6.57. The third-order valence-electron chi connectivity index (χ3n) is 4.80. The van der Waals surface area contributed by atoms with Gasteiger partial charge in [-0.1, -0.05) is 0 Å². The van der Waals surface area contributed by atoms with Gasteiger partial charge >= 0.3 is 0 Å². The monoisotopic (exact) mass is 329 g/mol. The molecule has 1 aliphatic rings. The summed E-state index contributed by atoms with van der Waals surface area (Å²) in [6.45, 7) is 4.77. The van der Waals surface area contributed by atoms with Gasteiger partial charge in [-0.05, 0) is 31.4 Å². The lowest BCUT2D eigenvalue weighted by Gasteiger charge is -2.27. The van der Waals surface area contributed by atoms with Crippen molar-refractivity contribution in [3.8, 4) is 0 Å². The highest BCUT2D eigenvalue weighted by Crippen LogP contribution is 2.19. The largest absolute Gasteiger partial charge is 0.356 e. The lowest BCUT2D eigenvalue weighted by Crippen LogP contribution is -2.42. The molecule has 0 bridgehead atoms. The van der Waals surface area contributed by atoms with Crippen LogP contribution in [0.2, 0.25) is 0 Å². The number of fused-ring (bicyclic) bond motifs is 1. The highest BCUT2D eigenvalue weighted by Gasteiger charge is 2.22. The highest BCUT2D eigenvalue weighted by atomic mass is 15.3. The molecule has 0 aromatic carbocycles. The fourth-order valence-corrected chi connectivity index (χ4v) is 3.30. The molecule has 0 aliphatic carbocycles. The zero-order chi connectivity index (χ0) is 17.1. The molecule has 2 aromatic heterocycles. The van der Waals surface area contributed by atoms with Crippen LogP contribution in [0.25, 0.3) is 0 Å². The van der Waals surface area contributed by atoms with Crippen molar-refractivity contribution in [2.24, 2.45) is 18.0 Å². The lowest BCUT2D eigenvalue weighted by molar-refractivity contribution is 0.352. The maximum atomic E-state index is 4.43. The van der Waals surface area contributed by atoms with Gasteiger partial charge in [-0.3, -0.25) is 4.99 Å². The molecular weight excluding hydrogens is 302 g/mol. The van der Waals surface area contributed by atoms with Crippen LogP contribution in [0.4, 0.5) is 0 Å². The van der Waals surface area contributed by atoms with E-state index in [9.17, 15) is 0 Å². The molecule has 130 valence electrons. The van der Waals surface area contributed by atoms with Crippen molar-refractivity contribution < 1.29 is 0 Å². The normalized spacial score (nSPS) is 17.7. The highest BCUT2D eigenvalue weighted by molar-refractivity contribution is 5.79. The van der Waals surface area contributed by atoms with Crippen LogP contribution in [-0.2, 0) is 26.6 Å². The molecule has 0 saturated carbocycles. The van der Waals surface area contributed by atoms with Gasteiger partial charge in [-0.15, -0.1) is 10.2 Å². The topological polar surface area (TPSA) is 63.3 Å². The summed E-state index contributed by atoms with van der Waals surface area (Å²) < 4.78 is 4.38. The van der Waals surface area contributed by atoms with Crippen LogP contribution < -0.4 is 5.32 Å².